The van der Waals surface area contributed by atoms with E-state index in [1.54, 1.807) is 6.20 Å². The molecule has 0 aromatic carbocycles. The molecule has 0 spiro atoms. The van der Waals surface area contributed by atoms with Gasteiger partial charge in [-0.2, -0.15) is 0 Å². The van der Waals surface area contributed by atoms with E-state index in [9.17, 15) is 0 Å². The van der Waals surface area contributed by atoms with E-state index in [0.29, 0.717) is 16.2 Å². The first kappa shape index (κ1) is 16.4. The summed E-state index contributed by atoms with van der Waals surface area (Å²) < 4.78 is 2.35. The van der Waals surface area contributed by atoms with Crippen LogP contribution in [0, 0.1) is 0 Å². The van der Waals surface area contributed by atoms with Gasteiger partial charge in [-0.25, -0.2) is 9.97 Å². The Hall–Kier alpha value is -1.10. The van der Waals surface area contributed by atoms with Gasteiger partial charge in [-0.1, -0.05) is 23.2 Å². The van der Waals surface area contributed by atoms with E-state index in [4.69, 9.17) is 28.2 Å². The van der Waals surface area contributed by atoms with Gasteiger partial charge in [0.05, 0.1) is 16.8 Å². The normalized spacial score (nSPS) is 21.2. The minimum absolute atomic E-state index is 0.364. The highest BCUT2D eigenvalue weighted by molar-refractivity contribution is 6.41. The third-order valence-corrected chi connectivity index (χ3v) is 6.18. The monoisotopic (exact) mass is 364 g/mol. The fraction of sp³-hybridized carbons (Fsp3) is 0.556. The number of pyridine rings is 1. The molecule has 0 radical (unpaired) electrons. The quantitative estimate of drug-likeness (QED) is 0.759. The van der Waals surface area contributed by atoms with Gasteiger partial charge in [0.1, 0.15) is 11.0 Å². The molecule has 2 aromatic rings. The summed E-state index contributed by atoms with van der Waals surface area (Å²) in [4.78, 5) is 11.5. The van der Waals surface area contributed by atoms with Crippen molar-refractivity contribution in [3.05, 3.63) is 45.2 Å². The molecule has 0 amide bonds. The van der Waals surface area contributed by atoms with Crippen molar-refractivity contribution in [3.63, 3.8) is 0 Å². The van der Waals surface area contributed by atoms with Gasteiger partial charge < -0.3 is 4.57 Å². The number of imidazole rings is 1. The molecule has 128 valence electrons. The van der Waals surface area contributed by atoms with E-state index in [0.717, 1.165) is 37.9 Å². The molecule has 2 aliphatic rings. The third kappa shape index (κ3) is 2.85. The van der Waals surface area contributed by atoms with Gasteiger partial charge in [-0.05, 0) is 56.7 Å². The topological polar surface area (TPSA) is 34.0 Å². The Morgan fingerprint density at radius 2 is 2.04 bits per heavy atom. The molecule has 1 saturated heterocycles. The molecule has 0 bridgehead atoms. The van der Waals surface area contributed by atoms with Crippen LogP contribution in [0.15, 0.2) is 12.3 Å². The molecule has 6 heteroatoms. The van der Waals surface area contributed by atoms with Crippen LogP contribution in [0.4, 0.5) is 0 Å². The van der Waals surface area contributed by atoms with Crippen LogP contribution in [0.5, 0.6) is 0 Å². The van der Waals surface area contributed by atoms with E-state index in [-0.39, 0.29) is 0 Å². The minimum atomic E-state index is 0.364. The number of aromatic nitrogens is 3. The van der Waals surface area contributed by atoms with Crippen molar-refractivity contribution in [2.75, 3.05) is 6.54 Å². The number of nitrogens with zero attached hydrogens (tertiary/aromatic N) is 4. The first-order valence-electron chi connectivity index (χ1n) is 8.72. The van der Waals surface area contributed by atoms with Crippen molar-refractivity contribution >= 4 is 23.2 Å². The van der Waals surface area contributed by atoms with Gasteiger partial charge in [0.15, 0.2) is 0 Å². The highest BCUT2D eigenvalue weighted by Crippen LogP contribution is 2.36. The predicted octanol–water partition coefficient (Wildman–Crippen LogP) is 4.34. The van der Waals surface area contributed by atoms with Crippen molar-refractivity contribution in [3.8, 4) is 0 Å². The average Bonchev–Trinajstić information content (AvgIpc) is 3.17. The maximum Gasteiger partial charge on any atom is 0.147 e. The smallest absolute Gasteiger partial charge is 0.147 e. The zero-order chi connectivity index (χ0) is 16.7. The maximum absolute atomic E-state index is 6.34. The van der Waals surface area contributed by atoms with Crippen LogP contribution >= 0.6 is 23.2 Å². The lowest BCUT2D eigenvalue weighted by atomic mass is 10.0. The van der Waals surface area contributed by atoms with E-state index < -0.39 is 0 Å². The van der Waals surface area contributed by atoms with Crippen molar-refractivity contribution in [2.24, 2.45) is 7.05 Å². The number of hydrogen-bond acceptors (Lipinski definition) is 3. The second-order valence-electron chi connectivity index (χ2n) is 6.83. The van der Waals surface area contributed by atoms with Gasteiger partial charge in [-0.3, -0.25) is 4.90 Å². The Bertz CT molecular complexity index is 756. The van der Waals surface area contributed by atoms with Gasteiger partial charge >= 0.3 is 0 Å². The standard InChI is InChI=1S/C18H22Cl2N4/c1-23-14-6-3-2-5-13(14)22-18(23)15-7-4-10-24(15)11-12-8-9-21-17(20)16(12)19/h8-9,15H,2-7,10-11H2,1H3/t15-/m0/s1. The summed E-state index contributed by atoms with van der Waals surface area (Å²) in [7, 11) is 2.18. The summed E-state index contributed by atoms with van der Waals surface area (Å²) in [6, 6.07) is 2.33. The predicted molar refractivity (Wildman–Crippen MR) is 96.5 cm³/mol. The summed E-state index contributed by atoms with van der Waals surface area (Å²) in [6.07, 6.45) is 8.92. The number of halogens is 2. The van der Waals surface area contributed by atoms with Crippen molar-refractivity contribution < 1.29 is 0 Å². The van der Waals surface area contributed by atoms with Gasteiger partial charge in [0.25, 0.3) is 0 Å². The van der Waals surface area contributed by atoms with Gasteiger partial charge in [-0.15, -0.1) is 0 Å². The maximum atomic E-state index is 6.34. The number of fused-ring (bicyclic) bond motifs is 1. The fourth-order valence-electron chi connectivity index (χ4n) is 4.11. The van der Waals surface area contributed by atoms with Crippen LogP contribution in [0.3, 0.4) is 0 Å². The highest BCUT2D eigenvalue weighted by Gasteiger charge is 2.31. The van der Waals surface area contributed by atoms with Crippen molar-refractivity contribution in [2.45, 2.75) is 51.1 Å². The number of aryl methyl sites for hydroxylation is 1. The van der Waals surface area contributed by atoms with Crippen LogP contribution < -0.4 is 0 Å². The van der Waals surface area contributed by atoms with E-state index >= 15 is 0 Å². The first-order chi connectivity index (χ1) is 11.6. The van der Waals surface area contributed by atoms with E-state index in [1.165, 1.54) is 36.5 Å². The van der Waals surface area contributed by atoms with Crippen LogP contribution in [0.1, 0.15) is 54.5 Å². The second kappa shape index (κ2) is 6.66. The van der Waals surface area contributed by atoms with E-state index in [2.05, 4.69) is 21.5 Å². The minimum Gasteiger partial charge on any atom is -0.334 e. The Morgan fingerprint density at radius 3 is 2.88 bits per heavy atom. The zero-order valence-corrected chi connectivity index (χ0v) is 15.4. The largest absolute Gasteiger partial charge is 0.334 e. The van der Waals surface area contributed by atoms with Crippen molar-refractivity contribution in [1.82, 2.24) is 19.4 Å². The third-order valence-electron chi connectivity index (χ3n) is 5.37. The average molecular weight is 365 g/mol. The zero-order valence-electron chi connectivity index (χ0n) is 13.9. The van der Waals surface area contributed by atoms with Crippen LogP contribution in [-0.2, 0) is 26.4 Å². The summed E-state index contributed by atoms with van der Waals surface area (Å²) in [5.41, 5.74) is 3.80. The molecule has 1 aliphatic heterocycles. The summed E-state index contributed by atoms with van der Waals surface area (Å²) >= 11 is 12.4. The molecule has 0 saturated carbocycles. The second-order valence-corrected chi connectivity index (χ2v) is 7.57. The molecule has 0 unspecified atom stereocenters. The lowest BCUT2D eigenvalue weighted by Crippen LogP contribution is -2.25. The molecule has 1 atom stereocenters. The number of rotatable bonds is 3. The number of hydrogen-bond donors (Lipinski definition) is 0. The van der Waals surface area contributed by atoms with Crippen LogP contribution in [0.25, 0.3) is 0 Å². The first-order valence-corrected chi connectivity index (χ1v) is 9.48. The highest BCUT2D eigenvalue weighted by atomic mass is 35.5. The molecule has 3 heterocycles. The lowest BCUT2D eigenvalue weighted by molar-refractivity contribution is 0.236. The molecular weight excluding hydrogens is 343 g/mol. The molecule has 0 N–H and O–H groups in total. The summed E-state index contributed by atoms with van der Waals surface area (Å²) in [5, 5.41) is 0.960. The molecule has 4 rings (SSSR count). The Labute approximate surface area is 152 Å². The van der Waals surface area contributed by atoms with Gasteiger partial charge in [0.2, 0.25) is 0 Å². The van der Waals surface area contributed by atoms with E-state index in [1.807, 2.05) is 6.07 Å². The fourth-order valence-corrected chi connectivity index (χ4v) is 4.46. The summed E-state index contributed by atoms with van der Waals surface area (Å²) in [6.45, 7) is 1.86. The molecule has 2 aromatic heterocycles. The van der Waals surface area contributed by atoms with Crippen LogP contribution in [0.2, 0.25) is 10.2 Å². The Morgan fingerprint density at radius 1 is 1.21 bits per heavy atom. The molecule has 4 nitrogen and oxygen atoms in total. The lowest BCUT2D eigenvalue weighted by Gasteiger charge is -2.25. The molecule has 24 heavy (non-hydrogen) atoms. The van der Waals surface area contributed by atoms with Crippen LogP contribution in [-0.4, -0.2) is 26.0 Å². The molecular formula is C18H22Cl2N4. The molecule has 1 aliphatic carbocycles. The van der Waals surface area contributed by atoms with Gasteiger partial charge in [0, 0.05) is 25.5 Å². The summed E-state index contributed by atoms with van der Waals surface area (Å²) in [5.74, 6) is 1.22. The Kier molecular flexibility index (Phi) is 4.54. The SMILES string of the molecule is Cn1c([C@@H]2CCCN2Cc2ccnc(Cl)c2Cl)nc2c1CCCC2. The Balaban J connectivity index is 1.61. The molecule has 1 fully saturated rings. The number of likely N-dealkylation sites (tertiary alicyclic amines) is 1. The van der Waals surface area contributed by atoms with Crippen molar-refractivity contribution in [1.29, 1.82) is 0 Å².